The van der Waals surface area contributed by atoms with Crippen LogP contribution in [0.1, 0.15) is 36.2 Å². The largest absolute Gasteiger partial charge is 0.353 e. The Hall–Kier alpha value is -2.61. The van der Waals surface area contributed by atoms with E-state index in [2.05, 4.69) is 20.4 Å². The van der Waals surface area contributed by atoms with E-state index in [1.807, 2.05) is 24.8 Å². The molecule has 0 bridgehead atoms. The molecule has 0 spiro atoms. The Morgan fingerprint density at radius 1 is 1.16 bits per heavy atom. The standard InChI is InChI=1S/C23H27F2N5O/c1-12-8-16-13(2)20(23-27-14(3)29-31-23)22(28-21(16)17(24)9-12)30-7-6-19(18(25)11-30)26-10-15-4-5-15/h8-9,15,18-19,26H,4-7,10-11H2,1-3H3/t18-,19+/m1/s1. The molecule has 2 atom stereocenters. The van der Waals surface area contributed by atoms with E-state index in [4.69, 9.17) is 4.52 Å². The number of benzene rings is 1. The zero-order valence-electron chi connectivity index (χ0n) is 18.1. The van der Waals surface area contributed by atoms with E-state index >= 15 is 4.39 Å². The number of aryl methyl sites for hydroxylation is 3. The van der Waals surface area contributed by atoms with E-state index < -0.39 is 6.17 Å². The average molecular weight is 427 g/mol. The Bertz CT molecular complexity index is 1130. The number of pyridine rings is 1. The zero-order valence-corrected chi connectivity index (χ0v) is 18.1. The molecule has 31 heavy (non-hydrogen) atoms. The van der Waals surface area contributed by atoms with Gasteiger partial charge in [-0.2, -0.15) is 4.98 Å². The third-order valence-electron chi connectivity index (χ3n) is 6.38. The number of nitrogens with one attached hydrogen (secondary N) is 1. The summed E-state index contributed by atoms with van der Waals surface area (Å²) in [4.78, 5) is 10.9. The molecule has 0 radical (unpaired) electrons. The van der Waals surface area contributed by atoms with Crippen LogP contribution in [-0.4, -0.2) is 47.0 Å². The molecule has 164 valence electrons. The van der Waals surface area contributed by atoms with E-state index in [9.17, 15) is 4.39 Å². The highest BCUT2D eigenvalue weighted by atomic mass is 19.1. The minimum Gasteiger partial charge on any atom is -0.353 e. The van der Waals surface area contributed by atoms with Crippen molar-refractivity contribution in [3.8, 4) is 11.5 Å². The van der Waals surface area contributed by atoms with Crippen molar-refractivity contribution >= 4 is 16.7 Å². The summed E-state index contributed by atoms with van der Waals surface area (Å²) < 4.78 is 35.4. The molecule has 2 aliphatic rings. The van der Waals surface area contributed by atoms with Crippen LogP contribution in [0.2, 0.25) is 0 Å². The number of rotatable bonds is 5. The summed E-state index contributed by atoms with van der Waals surface area (Å²) in [6.07, 6.45) is 2.10. The maximum Gasteiger partial charge on any atom is 0.261 e. The van der Waals surface area contributed by atoms with Crippen molar-refractivity contribution in [2.24, 2.45) is 5.92 Å². The van der Waals surface area contributed by atoms with Crippen LogP contribution in [0.3, 0.4) is 0 Å². The molecule has 1 saturated carbocycles. The summed E-state index contributed by atoms with van der Waals surface area (Å²) in [5.74, 6) is 1.65. The van der Waals surface area contributed by atoms with Gasteiger partial charge in [0.2, 0.25) is 0 Å². The summed E-state index contributed by atoms with van der Waals surface area (Å²) in [6, 6.07) is 3.22. The molecular weight excluding hydrogens is 400 g/mol. The molecule has 0 unspecified atom stereocenters. The van der Waals surface area contributed by atoms with Gasteiger partial charge in [0, 0.05) is 18.0 Å². The van der Waals surface area contributed by atoms with Crippen molar-refractivity contribution in [3.05, 3.63) is 34.9 Å². The van der Waals surface area contributed by atoms with Crippen LogP contribution < -0.4 is 10.2 Å². The average Bonchev–Trinajstić information content (AvgIpc) is 3.46. The number of aromatic nitrogens is 3. The van der Waals surface area contributed by atoms with Crippen LogP contribution in [0.15, 0.2) is 16.7 Å². The first-order chi connectivity index (χ1) is 14.9. The molecule has 1 aliphatic carbocycles. The fourth-order valence-electron chi connectivity index (χ4n) is 4.45. The predicted octanol–water partition coefficient (Wildman–Crippen LogP) is 4.27. The molecule has 1 saturated heterocycles. The first-order valence-electron chi connectivity index (χ1n) is 10.9. The number of nitrogens with zero attached hydrogens (tertiary/aromatic N) is 4. The molecule has 5 rings (SSSR count). The van der Waals surface area contributed by atoms with E-state index in [1.54, 1.807) is 6.92 Å². The first-order valence-corrected chi connectivity index (χ1v) is 10.9. The molecule has 0 amide bonds. The van der Waals surface area contributed by atoms with Crippen molar-refractivity contribution in [1.29, 1.82) is 0 Å². The highest BCUT2D eigenvalue weighted by Crippen LogP contribution is 2.38. The number of piperidine rings is 1. The van der Waals surface area contributed by atoms with E-state index in [0.29, 0.717) is 47.4 Å². The maximum atomic E-state index is 15.1. The maximum absolute atomic E-state index is 15.1. The minimum absolute atomic E-state index is 0.160. The van der Waals surface area contributed by atoms with Crippen molar-refractivity contribution in [1.82, 2.24) is 20.4 Å². The van der Waals surface area contributed by atoms with Crippen LogP contribution >= 0.6 is 0 Å². The first kappa shape index (κ1) is 20.3. The van der Waals surface area contributed by atoms with Crippen LogP contribution in [0.5, 0.6) is 0 Å². The van der Waals surface area contributed by atoms with Gasteiger partial charge in [-0.15, -0.1) is 0 Å². The summed E-state index contributed by atoms with van der Waals surface area (Å²) in [6.45, 7) is 7.18. The van der Waals surface area contributed by atoms with E-state index in [-0.39, 0.29) is 23.9 Å². The van der Waals surface area contributed by atoms with E-state index in [1.165, 1.54) is 18.9 Å². The Morgan fingerprint density at radius 3 is 2.65 bits per heavy atom. The Morgan fingerprint density at radius 2 is 1.97 bits per heavy atom. The Kier molecular flexibility index (Phi) is 5.12. The number of hydrogen-bond acceptors (Lipinski definition) is 6. The van der Waals surface area contributed by atoms with Crippen LogP contribution in [0, 0.1) is 32.5 Å². The summed E-state index contributed by atoms with van der Waals surface area (Å²) in [5.41, 5.74) is 2.54. The predicted molar refractivity (Wildman–Crippen MR) is 115 cm³/mol. The molecule has 2 aromatic heterocycles. The number of anilines is 1. The van der Waals surface area contributed by atoms with Crippen LogP contribution in [0.4, 0.5) is 14.6 Å². The lowest BCUT2D eigenvalue weighted by molar-refractivity contribution is 0.218. The molecular formula is C23H27F2N5O. The second-order valence-electron chi connectivity index (χ2n) is 8.93. The second-order valence-corrected chi connectivity index (χ2v) is 8.93. The van der Waals surface area contributed by atoms with Gasteiger partial charge in [-0.25, -0.2) is 13.8 Å². The lowest BCUT2D eigenvalue weighted by atomic mass is 9.98. The van der Waals surface area contributed by atoms with Crippen molar-refractivity contribution in [2.75, 3.05) is 24.5 Å². The smallest absolute Gasteiger partial charge is 0.261 e. The summed E-state index contributed by atoms with van der Waals surface area (Å²) in [7, 11) is 0. The fourth-order valence-corrected chi connectivity index (χ4v) is 4.45. The van der Waals surface area contributed by atoms with Gasteiger partial charge in [0.25, 0.3) is 5.89 Å². The number of alkyl halides is 1. The number of halogens is 2. The number of fused-ring (bicyclic) bond motifs is 1. The molecule has 2 fully saturated rings. The quantitative estimate of drug-likeness (QED) is 0.656. The zero-order chi connectivity index (χ0) is 21.7. The second kappa shape index (κ2) is 7.82. The van der Waals surface area contributed by atoms with Crippen molar-refractivity contribution < 1.29 is 13.3 Å². The highest BCUT2D eigenvalue weighted by Gasteiger charge is 2.34. The lowest BCUT2D eigenvalue weighted by Gasteiger charge is -2.37. The van der Waals surface area contributed by atoms with Gasteiger partial charge in [-0.05, 0) is 75.8 Å². The monoisotopic (exact) mass is 427 g/mol. The third-order valence-corrected chi connectivity index (χ3v) is 6.38. The number of hydrogen-bond donors (Lipinski definition) is 1. The molecule has 6 nitrogen and oxygen atoms in total. The molecule has 8 heteroatoms. The molecule has 3 heterocycles. The minimum atomic E-state index is -1.04. The van der Waals surface area contributed by atoms with Gasteiger partial charge < -0.3 is 14.7 Å². The Labute approximate surface area is 180 Å². The van der Waals surface area contributed by atoms with Gasteiger partial charge in [-0.1, -0.05) is 5.16 Å². The third kappa shape index (κ3) is 3.89. The fraction of sp³-hybridized carbons (Fsp3) is 0.522. The summed E-state index contributed by atoms with van der Waals surface area (Å²) in [5, 5.41) is 8.01. The van der Waals surface area contributed by atoms with Gasteiger partial charge >= 0.3 is 0 Å². The van der Waals surface area contributed by atoms with Crippen LogP contribution in [-0.2, 0) is 0 Å². The summed E-state index contributed by atoms with van der Waals surface area (Å²) >= 11 is 0. The van der Waals surface area contributed by atoms with Crippen molar-refractivity contribution in [3.63, 3.8) is 0 Å². The van der Waals surface area contributed by atoms with Crippen LogP contribution in [0.25, 0.3) is 22.4 Å². The SMILES string of the molecule is Cc1cc(F)c2nc(N3CC[C@H](NCC4CC4)[C@H](F)C3)c(-c3nc(C)no3)c(C)c2c1. The van der Waals surface area contributed by atoms with Gasteiger partial charge in [0.05, 0.1) is 12.1 Å². The lowest BCUT2D eigenvalue weighted by Crippen LogP contribution is -2.51. The van der Waals surface area contributed by atoms with Gasteiger partial charge in [0.1, 0.15) is 23.3 Å². The van der Waals surface area contributed by atoms with Gasteiger partial charge in [-0.3, -0.25) is 0 Å². The topological polar surface area (TPSA) is 67.1 Å². The van der Waals surface area contributed by atoms with Crippen molar-refractivity contribution in [2.45, 2.75) is 52.2 Å². The normalized spacial score (nSPS) is 21.8. The molecule has 1 aromatic carbocycles. The molecule has 1 N–H and O–H groups in total. The highest BCUT2D eigenvalue weighted by molar-refractivity contribution is 5.93. The molecule has 3 aromatic rings. The Balaban J connectivity index is 1.55. The van der Waals surface area contributed by atoms with Gasteiger partial charge in [0.15, 0.2) is 5.82 Å². The van der Waals surface area contributed by atoms with E-state index in [0.717, 1.165) is 17.7 Å². The molecule has 1 aliphatic heterocycles.